The van der Waals surface area contributed by atoms with Gasteiger partial charge in [-0.1, -0.05) is 72.8 Å². The fourth-order valence-electron chi connectivity index (χ4n) is 3.92. The van der Waals surface area contributed by atoms with E-state index in [9.17, 15) is 14.0 Å². The molecule has 0 aliphatic carbocycles. The maximum Gasteiger partial charge on any atom is 0.243 e. The fourth-order valence-corrected chi connectivity index (χ4v) is 4.82. The lowest BCUT2D eigenvalue weighted by Gasteiger charge is -2.34. The van der Waals surface area contributed by atoms with Crippen LogP contribution in [0.1, 0.15) is 43.0 Å². The molecule has 190 valence electrons. The molecule has 0 aliphatic heterocycles. The molecule has 36 heavy (non-hydrogen) atoms. The smallest absolute Gasteiger partial charge is 0.243 e. The summed E-state index contributed by atoms with van der Waals surface area (Å²) >= 11 is 1.36. The first-order valence-corrected chi connectivity index (χ1v) is 13.3. The predicted octanol–water partition coefficient (Wildman–Crippen LogP) is 5.92. The van der Waals surface area contributed by atoms with Crippen molar-refractivity contribution < 1.29 is 14.0 Å². The summed E-state index contributed by atoms with van der Waals surface area (Å²) in [5, 5.41) is 3.08. The normalized spacial score (nSPS) is 12.1. The SMILES string of the molecule is Cc1ccccc1CN(C(=O)CSCc1ccccc1F)C(Cc1ccccc1)C(=O)NC(C)(C)C. The molecule has 4 nitrogen and oxygen atoms in total. The molecular weight excluding hydrogens is 471 g/mol. The van der Waals surface area contributed by atoms with E-state index in [-0.39, 0.29) is 23.4 Å². The number of rotatable bonds is 10. The van der Waals surface area contributed by atoms with Crippen molar-refractivity contribution in [1.82, 2.24) is 10.2 Å². The molecule has 0 aromatic heterocycles. The van der Waals surface area contributed by atoms with Crippen LogP contribution in [-0.2, 0) is 28.3 Å². The number of halogens is 1. The van der Waals surface area contributed by atoms with E-state index in [1.165, 1.54) is 17.8 Å². The first kappa shape index (κ1) is 27.5. The van der Waals surface area contributed by atoms with Crippen molar-refractivity contribution in [3.05, 3.63) is 107 Å². The molecule has 2 amide bonds. The third kappa shape index (κ3) is 8.23. The van der Waals surface area contributed by atoms with Gasteiger partial charge in [-0.2, -0.15) is 0 Å². The highest BCUT2D eigenvalue weighted by atomic mass is 32.2. The van der Waals surface area contributed by atoms with Gasteiger partial charge in [-0.05, 0) is 56.0 Å². The van der Waals surface area contributed by atoms with E-state index in [1.54, 1.807) is 23.1 Å². The van der Waals surface area contributed by atoms with E-state index in [2.05, 4.69) is 5.32 Å². The van der Waals surface area contributed by atoms with Crippen LogP contribution in [0.4, 0.5) is 4.39 Å². The van der Waals surface area contributed by atoms with Gasteiger partial charge in [-0.3, -0.25) is 9.59 Å². The Labute approximate surface area is 218 Å². The average molecular weight is 507 g/mol. The first-order chi connectivity index (χ1) is 17.1. The van der Waals surface area contributed by atoms with Crippen LogP contribution >= 0.6 is 11.8 Å². The van der Waals surface area contributed by atoms with E-state index in [1.807, 2.05) is 82.3 Å². The van der Waals surface area contributed by atoms with Crippen molar-refractivity contribution >= 4 is 23.6 Å². The van der Waals surface area contributed by atoms with Gasteiger partial charge in [0.15, 0.2) is 0 Å². The maximum absolute atomic E-state index is 14.1. The third-order valence-corrected chi connectivity index (χ3v) is 6.78. The Bertz CT molecular complexity index is 1160. The molecule has 0 fully saturated rings. The quantitative estimate of drug-likeness (QED) is 0.371. The molecule has 3 aromatic carbocycles. The second-order valence-corrected chi connectivity index (χ2v) is 11.0. The molecule has 0 spiro atoms. The number of hydrogen-bond acceptors (Lipinski definition) is 3. The summed E-state index contributed by atoms with van der Waals surface area (Å²) in [6.07, 6.45) is 0.401. The minimum absolute atomic E-state index is 0.147. The highest BCUT2D eigenvalue weighted by molar-refractivity contribution is 7.99. The lowest BCUT2D eigenvalue weighted by Crippen LogP contribution is -2.54. The minimum atomic E-state index is -0.687. The summed E-state index contributed by atoms with van der Waals surface area (Å²) in [5.41, 5.74) is 3.15. The van der Waals surface area contributed by atoms with Crippen molar-refractivity contribution in [2.24, 2.45) is 0 Å². The Kier molecular flexibility index (Phi) is 9.71. The molecule has 0 radical (unpaired) electrons. The molecule has 0 saturated heterocycles. The zero-order valence-corrected chi connectivity index (χ0v) is 22.3. The number of amides is 2. The van der Waals surface area contributed by atoms with Crippen LogP contribution in [0.15, 0.2) is 78.9 Å². The highest BCUT2D eigenvalue weighted by Crippen LogP contribution is 2.21. The van der Waals surface area contributed by atoms with Crippen LogP contribution in [0, 0.1) is 12.7 Å². The fraction of sp³-hybridized carbons (Fsp3) is 0.333. The predicted molar refractivity (Wildman–Crippen MR) is 146 cm³/mol. The minimum Gasteiger partial charge on any atom is -0.350 e. The Balaban J connectivity index is 1.89. The number of benzene rings is 3. The number of carbonyl (C=O) groups excluding carboxylic acids is 2. The molecule has 0 heterocycles. The lowest BCUT2D eigenvalue weighted by atomic mass is 10.00. The first-order valence-electron chi connectivity index (χ1n) is 12.1. The summed E-state index contributed by atoms with van der Waals surface area (Å²) in [4.78, 5) is 28.9. The molecule has 1 N–H and O–H groups in total. The summed E-state index contributed by atoms with van der Waals surface area (Å²) in [5.74, 6) is -0.0830. The van der Waals surface area contributed by atoms with E-state index in [0.29, 0.717) is 24.3 Å². The zero-order valence-electron chi connectivity index (χ0n) is 21.5. The van der Waals surface area contributed by atoms with Crippen molar-refractivity contribution in [3.8, 4) is 0 Å². The molecule has 0 bridgehead atoms. The van der Waals surface area contributed by atoms with Gasteiger partial charge in [-0.15, -0.1) is 11.8 Å². The molecule has 3 rings (SSSR count). The van der Waals surface area contributed by atoms with E-state index < -0.39 is 11.6 Å². The molecule has 1 unspecified atom stereocenters. The van der Waals surface area contributed by atoms with Crippen LogP contribution in [0.3, 0.4) is 0 Å². The van der Waals surface area contributed by atoms with Crippen LogP contribution in [0.5, 0.6) is 0 Å². The number of nitrogens with zero attached hydrogens (tertiary/aromatic N) is 1. The van der Waals surface area contributed by atoms with Gasteiger partial charge in [0.05, 0.1) is 5.75 Å². The maximum atomic E-state index is 14.1. The van der Waals surface area contributed by atoms with Gasteiger partial charge in [0.1, 0.15) is 11.9 Å². The largest absolute Gasteiger partial charge is 0.350 e. The summed E-state index contributed by atoms with van der Waals surface area (Å²) in [6.45, 7) is 8.12. The Morgan fingerprint density at radius 1 is 0.917 bits per heavy atom. The van der Waals surface area contributed by atoms with Crippen LogP contribution in [0.25, 0.3) is 0 Å². The Hall–Kier alpha value is -3.12. The molecule has 0 saturated carbocycles. The van der Waals surface area contributed by atoms with Gasteiger partial charge in [0, 0.05) is 24.3 Å². The second-order valence-electron chi connectivity index (χ2n) is 9.98. The summed E-state index contributed by atoms with van der Waals surface area (Å²) in [7, 11) is 0. The number of aryl methyl sites for hydroxylation is 1. The molecule has 0 aliphatic rings. The van der Waals surface area contributed by atoms with Crippen molar-refractivity contribution in [3.63, 3.8) is 0 Å². The third-order valence-electron chi connectivity index (χ3n) is 5.81. The topological polar surface area (TPSA) is 49.4 Å². The zero-order chi connectivity index (χ0) is 26.1. The van der Waals surface area contributed by atoms with E-state index in [4.69, 9.17) is 0 Å². The van der Waals surface area contributed by atoms with Gasteiger partial charge >= 0.3 is 0 Å². The molecule has 6 heteroatoms. The summed E-state index contributed by atoms with van der Waals surface area (Å²) < 4.78 is 14.1. The number of thioether (sulfide) groups is 1. The van der Waals surface area contributed by atoms with Crippen LogP contribution < -0.4 is 5.32 Å². The van der Waals surface area contributed by atoms with Crippen molar-refractivity contribution in [2.45, 2.75) is 58.0 Å². The van der Waals surface area contributed by atoms with E-state index >= 15 is 0 Å². The Morgan fingerprint density at radius 3 is 2.17 bits per heavy atom. The van der Waals surface area contributed by atoms with Gasteiger partial charge < -0.3 is 10.2 Å². The molecule has 3 aromatic rings. The van der Waals surface area contributed by atoms with Gasteiger partial charge in [-0.25, -0.2) is 4.39 Å². The molecule has 1 atom stereocenters. The highest BCUT2D eigenvalue weighted by Gasteiger charge is 2.32. The number of carbonyl (C=O) groups is 2. The number of hydrogen-bond donors (Lipinski definition) is 1. The molecular formula is C30H35FN2O2S. The Morgan fingerprint density at radius 2 is 1.53 bits per heavy atom. The lowest BCUT2D eigenvalue weighted by molar-refractivity contribution is -0.140. The van der Waals surface area contributed by atoms with Gasteiger partial charge in [0.25, 0.3) is 0 Å². The van der Waals surface area contributed by atoms with E-state index in [0.717, 1.165) is 16.7 Å². The van der Waals surface area contributed by atoms with Gasteiger partial charge in [0.2, 0.25) is 11.8 Å². The number of nitrogens with one attached hydrogen (secondary N) is 1. The van der Waals surface area contributed by atoms with Crippen LogP contribution in [-0.4, -0.2) is 34.0 Å². The second kappa shape index (κ2) is 12.7. The standard InChI is InChI=1S/C30H35FN2O2S/c1-22-12-8-9-15-24(22)19-33(28(34)21-36-20-25-16-10-11-17-26(25)31)27(29(35)32-30(2,3)4)18-23-13-6-5-7-14-23/h5-17,27H,18-21H2,1-4H3,(H,32,35). The van der Waals surface area contributed by atoms with Crippen LogP contribution in [0.2, 0.25) is 0 Å². The van der Waals surface area contributed by atoms with Crippen molar-refractivity contribution in [2.75, 3.05) is 5.75 Å². The average Bonchev–Trinajstić information content (AvgIpc) is 2.83. The monoisotopic (exact) mass is 506 g/mol. The summed E-state index contributed by atoms with van der Waals surface area (Å²) in [6, 6.07) is 23.6. The van der Waals surface area contributed by atoms with Crippen molar-refractivity contribution in [1.29, 1.82) is 0 Å².